The molecule has 0 atom stereocenters. The number of anilines is 3. The van der Waals surface area contributed by atoms with E-state index in [4.69, 9.17) is 0 Å². The summed E-state index contributed by atoms with van der Waals surface area (Å²) in [4.78, 5) is 2.44. The fourth-order valence-electron chi connectivity index (χ4n) is 11.1. The van der Waals surface area contributed by atoms with Gasteiger partial charge in [0, 0.05) is 17.1 Å². The van der Waals surface area contributed by atoms with Gasteiger partial charge in [-0.3, -0.25) is 0 Å². The van der Waals surface area contributed by atoms with Gasteiger partial charge in [-0.2, -0.15) is 0 Å². The molecule has 1 heteroatoms. The van der Waals surface area contributed by atoms with E-state index in [1.165, 1.54) is 99.1 Å². The predicted octanol–water partition coefficient (Wildman–Crippen LogP) is 16.3. The summed E-state index contributed by atoms with van der Waals surface area (Å²) in [6.45, 7) is 0. The van der Waals surface area contributed by atoms with Gasteiger partial charge in [-0.15, -0.1) is 0 Å². The van der Waals surface area contributed by atoms with E-state index in [0.29, 0.717) is 0 Å². The van der Waals surface area contributed by atoms with E-state index < -0.39 is 5.41 Å². The third-order valence-electron chi connectivity index (χ3n) is 13.7. The molecule has 0 heterocycles. The SMILES string of the molecule is c1ccc(-c2ccc(N(c3ccc(-c4cccc5c6ccccc6c6ccccc6c45)cc3)c3ccc4c(c3)C3(c5ccccc5-c5ccccc53)c3ccccc3-4)cc2)cc1. The fourth-order valence-corrected chi connectivity index (χ4v) is 11.1. The normalized spacial score (nSPS) is 13.0. The molecule has 0 amide bonds. The summed E-state index contributed by atoms with van der Waals surface area (Å²) in [6.07, 6.45) is 0. The molecule has 1 spiro atoms. The zero-order chi connectivity index (χ0) is 40.8. The third-order valence-corrected chi connectivity index (χ3v) is 13.7. The van der Waals surface area contributed by atoms with Crippen LogP contribution in [0.4, 0.5) is 17.1 Å². The minimum Gasteiger partial charge on any atom is -0.310 e. The zero-order valence-electron chi connectivity index (χ0n) is 34.0. The molecule has 0 unspecified atom stereocenters. The van der Waals surface area contributed by atoms with Crippen LogP contribution in [0.3, 0.4) is 0 Å². The maximum Gasteiger partial charge on any atom is 0.0726 e. The molecule has 0 fully saturated rings. The maximum absolute atomic E-state index is 2.48. The molecule has 0 bridgehead atoms. The van der Waals surface area contributed by atoms with Crippen molar-refractivity contribution in [3.05, 3.63) is 259 Å². The van der Waals surface area contributed by atoms with E-state index in [0.717, 1.165) is 17.1 Å². The minimum absolute atomic E-state index is 0.427. The Labute approximate surface area is 361 Å². The summed E-state index contributed by atoms with van der Waals surface area (Å²) in [5.41, 5.74) is 18.4. The van der Waals surface area contributed by atoms with Gasteiger partial charge in [-0.05, 0) is 135 Å². The smallest absolute Gasteiger partial charge is 0.0726 e. The van der Waals surface area contributed by atoms with Gasteiger partial charge >= 0.3 is 0 Å². The molecule has 0 radical (unpaired) electrons. The summed E-state index contributed by atoms with van der Waals surface area (Å²) in [6, 6.07) is 87.7. The van der Waals surface area contributed by atoms with Crippen LogP contribution in [0.25, 0.3) is 76.8 Å². The van der Waals surface area contributed by atoms with Crippen LogP contribution in [-0.2, 0) is 5.41 Å². The van der Waals surface area contributed by atoms with Crippen molar-refractivity contribution in [2.24, 2.45) is 0 Å². The minimum atomic E-state index is -0.427. The van der Waals surface area contributed by atoms with Gasteiger partial charge in [0.1, 0.15) is 0 Å². The van der Waals surface area contributed by atoms with E-state index >= 15 is 0 Å². The molecule has 0 aliphatic heterocycles. The number of rotatable bonds is 5. The van der Waals surface area contributed by atoms with Gasteiger partial charge in [-0.1, -0.05) is 200 Å². The van der Waals surface area contributed by atoms with Crippen LogP contribution in [0.1, 0.15) is 22.3 Å². The summed E-state index contributed by atoms with van der Waals surface area (Å²) in [7, 11) is 0. The number of hydrogen-bond donors (Lipinski definition) is 0. The predicted molar refractivity (Wildman–Crippen MR) is 261 cm³/mol. The highest BCUT2D eigenvalue weighted by Gasteiger charge is 2.51. The van der Waals surface area contributed by atoms with Crippen molar-refractivity contribution in [3.63, 3.8) is 0 Å². The molecular formula is C61H39N. The Morgan fingerprint density at radius 2 is 0.629 bits per heavy atom. The molecule has 1 nitrogen and oxygen atoms in total. The average molecular weight is 786 g/mol. The Balaban J connectivity index is 1.01. The lowest BCUT2D eigenvalue weighted by atomic mass is 9.70. The van der Waals surface area contributed by atoms with Gasteiger partial charge in [0.15, 0.2) is 0 Å². The van der Waals surface area contributed by atoms with Gasteiger partial charge in [0.25, 0.3) is 0 Å². The van der Waals surface area contributed by atoms with E-state index in [1.807, 2.05) is 0 Å². The molecule has 0 saturated carbocycles. The van der Waals surface area contributed by atoms with Crippen LogP contribution in [0.2, 0.25) is 0 Å². The molecule has 11 aromatic carbocycles. The monoisotopic (exact) mass is 785 g/mol. The maximum atomic E-state index is 2.48. The van der Waals surface area contributed by atoms with E-state index in [1.54, 1.807) is 0 Å². The lowest BCUT2D eigenvalue weighted by Gasteiger charge is -2.32. The van der Waals surface area contributed by atoms with Crippen molar-refractivity contribution < 1.29 is 0 Å². The first-order chi connectivity index (χ1) is 30.8. The molecule has 0 aromatic heterocycles. The molecular weight excluding hydrogens is 747 g/mol. The van der Waals surface area contributed by atoms with Crippen molar-refractivity contribution in [3.8, 4) is 44.5 Å². The Morgan fingerprint density at radius 1 is 0.242 bits per heavy atom. The second kappa shape index (κ2) is 13.5. The van der Waals surface area contributed by atoms with Gasteiger partial charge in [0.05, 0.1) is 5.41 Å². The zero-order valence-corrected chi connectivity index (χ0v) is 34.0. The van der Waals surface area contributed by atoms with Crippen molar-refractivity contribution in [2.45, 2.75) is 5.41 Å². The highest BCUT2D eigenvalue weighted by atomic mass is 15.1. The first-order valence-electron chi connectivity index (χ1n) is 21.6. The van der Waals surface area contributed by atoms with Crippen LogP contribution < -0.4 is 4.90 Å². The van der Waals surface area contributed by atoms with Crippen LogP contribution in [-0.4, -0.2) is 0 Å². The molecule has 0 saturated heterocycles. The Morgan fingerprint density at radius 3 is 1.19 bits per heavy atom. The van der Waals surface area contributed by atoms with Crippen molar-refractivity contribution in [2.75, 3.05) is 4.90 Å². The lowest BCUT2D eigenvalue weighted by Crippen LogP contribution is -2.26. The summed E-state index contributed by atoms with van der Waals surface area (Å²) in [5, 5.41) is 7.72. The molecule has 2 aliphatic rings. The molecule has 13 rings (SSSR count). The highest BCUT2D eigenvalue weighted by molar-refractivity contribution is 6.28. The van der Waals surface area contributed by atoms with Gasteiger partial charge in [-0.25, -0.2) is 0 Å². The summed E-state index contributed by atoms with van der Waals surface area (Å²) < 4.78 is 0. The number of hydrogen-bond acceptors (Lipinski definition) is 1. The second-order valence-electron chi connectivity index (χ2n) is 16.7. The molecule has 0 N–H and O–H groups in total. The molecule has 11 aromatic rings. The van der Waals surface area contributed by atoms with E-state index in [2.05, 4.69) is 241 Å². The third kappa shape index (κ3) is 4.91. The standard InChI is InChI=1S/C61H39N/c1-2-15-40(16-3-1)41-29-33-43(34-30-41)62(44-35-31-42(32-36-44)46-24-14-25-55-49-18-5-4-17-47(49)48-19-6-7-23-54(48)60(46)55)45-37-38-53-52-22-10-13-28-58(52)61(59(53)39-45)56-26-11-8-20-50(56)51-21-9-12-27-57(51)61/h1-39H. The Hall–Kier alpha value is -8.00. The van der Waals surface area contributed by atoms with Crippen LogP contribution in [0.5, 0.6) is 0 Å². The molecule has 288 valence electrons. The lowest BCUT2D eigenvalue weighted by molar-refractivity contribution is 0.793. The van der Waals surface area contributed by atoms with Crippen molar-refractivity contribution in [1.82, 2.24) is 0 Å². The first-order valence-corrected chi connectivity index (χ1v) is 21.6. The summed E-state index contributed by atoms with van der Waals surface area (Å²) in [5.74, 6) is 0. The quantitative estimate of drug-likeness (QED) is 0.157. The Bertz CT molecular complexity index is 3450. The van der Waals surface area contributed by atoms with E-state index in [-0.39, 0.29) is 0 Å². The first kappa shape index (κ1) is 34.8. The average Bonchev–Trinajstić information content (AvgIpc) is 3.82. The number of fused-ring (bicyclic) bond motifs is 16. The van der Waals surface area contributed by atoms with Gasteiger partial charge in [0.2, 0.25) is 0 Å². The summed E-state index contributed by atoms with van der Waals surface area (Å²) >= 11 is 0. The highest BCUT2D eigenvalue weighted by Crippen LogP contribution is 2.63. The van der Waals surface area contributed by atoms with Crippen LogP contribution >= 0.6 is 0 Å². The van der Waals surface area contributed by atoms with Crippen LogP contribution in [0.15, 0.2) is 237 Å². The second-order valence-corrected chi connectivity index (χ2v) is 16.7. The molecule has 2 aliphatic carbocycles. The molecule has 62 heavy (non-hydrogen) atoms. The van der Waals surface area contributed by atoms with Crippen LogP contribution in [0, 0.1) is 0 Å². The number of benzene rings is 11. The number of nitrogens with zero attached hydrogens (tertiary/aromatic N) is 1. The van der Waals surface area contributed by atoms with Crippen molar-refractivity contribution in [1.29, 1.82) is 0 Å². The Kier molecular flexibility index (Phi) is 7.59. The largest absolute Gasteiger partial charge is 0.310 e. The fraction of sp³-hybridized carbons (Fsp3) is 0.0164. The van der Waals surface area contributed by atoms with Crippen molar-refractivity contribution >= 4 is 49.4 Å². The topological polar surface area (TPSA) is 3.24 Å². The van der Waals surface area contributed by atoms with E-state index in [9.17, 15) is 0 Å². The van der Waals surface area contributed by atoms with Gasteiger partial charge < -0.3 is 4.90 Å².